The minimum atomic E-state index is -0.857. The highest BCUT2D eigenvalue weighted by molar-refractivity contribution is 5.71. The van der Waals surface area contributed by atoms with Crippen LogP contribution in [0.25, 0.3) is 0 Å². The highest BCUT2D eigenvalue weighted by Crippen LogP contribution is 2.09. The van der Waals surface area contributed by atoms with E-state index in [4.69, 9.17) is 14.2 Å². The van der Waals surface area contributed by atoms with E-state index >= 15 is 0 Å². The van der Waals surface area contributed by atoms with E-state index in [0.29, 0.717) is 19.3 Å². The molecule has 0 N–H and O–H groups in total. The topological polar surface area (TPSA) is 78.9 Å². The molecule has 67 heavy (non-hydrogen) atoms. The van der Waals surface area contributed by atoms with Gasteiger partial charge in [-0.15, -0.1) is 0 Å². The highest BCUT2D eigenvalue weighted by Gasteiger charge is 2.19. The monoisotopic (exact) mass is 923 g/mol. The number of hydrogen-bond donors (Lipinski definition) is 0. The molecule has 0 aliphatic carbocycles. The molecule has 0 bridgehead atoms. The summed E-state index contributed by atoms with van der Waals surface area (Å²) < 4.78 is 16.7. The second-order valence-electron chi connectivity index (χ2n) is 16.7. The molecule has 0 spiro atoms. The van der Waals surface area contributed by atoms with E-state index in [1.165, 1.54) is 51.4 Å². The average Bonchev–Trinajstić information content (AvgIpc) is 3.33. The predicted molar refractivity (Wildman–Crippen MR) is 288 cm³/mol. The summed E-state index contributed by atoms with van der Waals surface area (Å²) in [6, 6.07) is 0. The Kier molecular flexibility index (Phi) is 50.1. The SMILES string of the molecule is CC/C=C\C/C=C\C/C=C\C/C=C\CCCCC(=O)OC[C@H](COC(=O)CCCC/C=C\C/C=C\C/C=C\CCCCC)OC(=O)CC/C=C\C/C=C\C/C=C\C/C=C\C/C=C\CCCCC. The van der Waals surface area contributed by atoms with Gasteiger partial charge < -0.3 is 14.2 Å². The van der Waals surface area contributed by atoms with E-state index in [0.717, 1.165) is 89.9 Å². The first-order valence-corrected chi connectivity index (χ1v) is 26.3. The van der Waals surface area contributed by atoms with Crippen molar-refractivity contribution >= 4 is 17.9 Å². The van der Waals surface area contributed by atoms with Crippen molar-refractivity contribution in [2.75, 3.05) is 13.2 Å². The van der Waals surface area contributed by atoms with Crippen LogP contribution in [0, 0.1) is 0 Å². The Morgan fingerprint density at radius 2 is 0.597 bits per heavy atom. The molecule has 374 valence electrons. The normalized spacial score (nSPS) is 13.3. The first kappa shape index (κ1) is 62.3. The van der Waals surface area contributed by atoms with Crippen molar-refractivity contribution in [1.29, 1.82) is 0 Å². The number of carbonyl (C=O) groups is 3. The molecule has 0 unspecified atom stereocenters. The van der Waals surface area contributed by atoms with Gasteiger partial charge in [-0.25, -0.2) is 0 Å². The van der Waals surface area contributed by atoms with E-state index in [9.17, 15) is 14.4 Å². The summed E-state index contributed by atoms with van der Waals surface area (Å²) in [6.07, 6.45) is 77.0. The minimum absolute atomic E-state index is 0.147. The van der Waals surface area contributed by atoms with Crippen LogP contribution in [-0.4, -0.2) is 37.2 Å². The van der Waals surface area contributed by atoms with Crippen LogP contribution in [-0.2, 0) is 28.6 Å². The molecule has 0 saturated carbocycles. The Morgan fingerprint density at radius 1 is 0.313 bits per heavy atom. The van der Waals surface area contributed by atoms with Gasteiger partial charge in [0, 0.05) is 19.3 Å². The minimum Gasteiger partial charge on any atom is -0.462 e. The van der Waals surface area contributed by atoms with E-state index in [-0.39, 0.29) is 44.4 Å². The van der Waals surface area contributed by atoms with Gasteiger partial charge in [0.25, 0.3) is 0 Å². The van der Waals surface area contributed by atoms with Crippen molar-refractivity contribution in [3.05, 3.63) is 146 Å². The largest absolute Gasteiger partial charge is 0.462 e. The number of allylic oxidation sites excluding steroid dienone is 24. The summed E-state index contributed by atoms with van der Waals surface area (Å²) in [5.74, 6) is -1.12. The molecule has 0 fully saturated rings. The molecule has 0 rings (SSSR count). The third-order valence-corrected chi connectivity index (χ3v) is 10.3. The molecule has 0 amide bonds. The van der Waals surface area contributed by atoms with Crippen molar-refractivity contribution in [2.24, 2.45) is 0 Å². The molecule has 0 aromatic carbocycles. The van der Waals surface area contributed by atoms with Crippen LogP contribution in [0.2, 0.25) is 0 Å². The first-order valence-electron chi connectivity index (χ1n) is 26.3. The van der Waals surface area contributed by atoms with Gasteiger partial charge in [0.1, 0.15) is 13.2 Å². The molecule has 0 radical (unpaired) electrons. The Labute approximate surface area is 410 Å². The molecule has 0 aliphatic heterocycles. The van der Waals surface area contributed by atoms with Gasteiger partial charge in [-0.3, -0.25) is 14.4 Å². The van der Waals surface area contributed by atoms with Gasteiger partial charge in [0.05, 0.1) is 0 Å². The van der Waals surface area contributed by atoms with Gasteiger partial charge in [-0.2, -0.15) is 0 Å². The molecule has 0 heterocycles. The van der Waals surface area contributed by atoms with Crippen LogP contribution >= 0.6 is 0 Å². The molecule has 0 saturated heterocycles. The van der Waals surface area contributed by atoms with Crippen LogP contribution in [0.4, 0.5) is 0 Å². The van der Waals surface area contributed by atoms with Crippen LogP contribution < -0.4 is 0 Å². The van der Waals surface area contributed by atoms with Gasteiger partial charge in [0.15, 0.2) is 6.10 Å². The summed E-state index contributed by atoms with van der Waals surface area (Å²) in [4.78, 5) is 38.0. The van der Waals surface area contributed by atoms with Crippen molar-refractivity contribution in [1.82, 2.24) is 0 Å². The maximum absolute atomic E-state index is 12.8. The summed E-state index contributed by atoms with van der Waals surface area (Å²) in [5.41, 5.74) is 0. The molecule has 0 aromatic rings. The molecule has 6 heteroatoms. The summed E-state index contributed by atoms with van der Waals surface area (Å²) in [5, 5.41) is 0. The summed E-state index contributed by atoms with van der Waals surface area (Å²) in [6.45, 7) is 6.31. The first-order chi connectivity index (χ1) is 33.0. The van der Waals surface area contributed by atoms with Gasteiger partial charge in [-0.05, 0) is 135 Å². The Bertz CT molecular complexity index is 1530. The molecular formula is C61H94O6. The summed E-state index contributed by atoms with van der Waals surface area (Å²) >= 11 is 0. The third-order valence-electron chi connectivity index (χ3n) is 10.3. The number of hydrogen-bond acceptors (Lipinski definition) is 6. The molecule has 1 atom stereocenters. The van der Waals surface area contributed by atoms with E-state index in [2.05, 4.69) is 154 Å². The lowest BCUT2D eigenvalue weighted by Gasteiger charge is -2.18. The lowest BCUT2D eigenvalue weighted by Crippen LogP contribution is -2.30. The maximum Gasteiger partial charge on any atom is 0.306 e. The van der Waals surface area contributed by atoms with Crippen molar-refractivity contribution in [3.63, 3.8) is 0 Å². The zero-order valence-electron chi connectivity index (χ0n) is 42.6. The van der Waals surface area contributed by atoms with E-state index in [1.807, 2.05) is 12.2 Å². The lowest BCUT2D eigenvalue weighted by molar-refractivity contribution is -0.166. The number of esters is 3. The Morgan fingerprint density at radius 3 is 0.910 bits per heavy atom. The fourth-order valence-corrected chi connectivity index (χ4v) is 6.36. The molecule has 0 aliphatic rings. The molecule has 0 aromatic heterocycles. The van der Waals surface area contributed by atoms with Gasteiger partial charge in [0.2, 0.25) is 0 Å². The van der Waals surface area contributed by atoms with E-state index < -0.39 is 12.1 Å². The summed E-state index contributed by atoms with van der Waals surface area (Å²) in [7, 11) is 0. The number of rotatable bonds is 45. The maximum atomic E-state index is 12.8. The van der Waals surface area contributed by atoms with Gasteiger partial charge >= 0.3 is 17.9 Å². The Balaban J connectivity index is 4.67. The highest BCUT2D eigenvalue weighted by atomic mass is 16.6. The van der Waals surface area contributed by atoms with Crippen LogP contribution in [0.15, 0.2) is 146 Å². The molecule has 6 nitrogen and oxygen atoms in total. The zero-order valence-corrected chi connectivity index (χ0v) is 42.6. The molecular weight excluding hydrogens is 829 g/mol. The second-order valence-corrected chi connectivity index (χ2v) is 16.7. The quantitative estimate of drug-likeness (QED) is 0.0262. The van der Waals surface area contributed by atoms with Crippen molar-refractivity contribution in [3.8, 4) is 0 Å². The average molecular weight is 923 g/mol. The van der Waals surface area contributed by atoms with Crippen LogP contribution in [0.1, 0.15) is 201 Å². The number of ether oxygens (including phenoxy) is 3. The second kappa shape index (κ2) is 53.9. The fourth-order valence-electron chi connectivity index (χ4n) is 6.36. The fraction of sp³-hybridized carbons (Fsp3) is 0.557. The van der Waals surface area contributed by atoms with E-state index in [1.54, 1.807) is 0 Å². The zero-order chi connectivity index (χ0) is 48.6. The standard InChI is InChI=1S/C61H94O6/c1-4-7-10-13-16-19-22-25-28-29-30-31-34-37-40-43-46-49-52-55-61(64)67-58(56-65-59(62)53-50-47-44-41-38-35-32-26-23-20-17-14-11-8-5-2)57-66-60(63)54-51-48-45-42-39-36-33-27-24-21-18-15-12-9-6-3/h8,11,16-21,25-28,30-33,37-42,46,49,58H,4-7,9-10,12-15,22-24,29,34-36,43-45,47-48,50-57H2,1-3H3/b11-8-,19-16-,20-17-,21-18-,28-25-,31-30-,32-26-,33-27-,40-37-,41-38-,42-39-,49-46-/t58-/m1/s1. The van der Waals surface area contributed by atoms with Crippen molar-refractivity contribution < 1.29 is 28.6 Å². The van der Waals surface area contributed by atoms with Crippen LogP contribution in [0.5, 0.6) is 0 Å². The van der Waals surface area contributed by atoms with Crippen molar-refractivity contribution in [2.45, 2.75) is 207 Å². The lowest BCUT2D eigenvalue weighted by atomic mass is 10.1. The predicted octanol–water partition coefficient (Wildman–Crippen LogP) is 17.6. The third kappa shape index (κ3) is 52.1. The smallest absolute Gasteiger partial charge is 0.306 e. The van der Waals surface area contributed by atoms with Crippen LogP contribution in [0.3, 0.4) is 0 Å². The van der Waals surface area contributed by atoms with Gasteiger partial charge in [-0.1, -0.05) is 192 Å². The number of unbranched alkanes of at least 4 members (excludes halogenated alkanes) is 10. The Hall–Kier alpha value is -4.71. The number of carbonyl (C=O) groups excluding carboxylic acids is 3.